The van der Waals surface area contributed by atoms with Crippen LogP contribution in [0.4, 0.5) is 11.5 Å². The molecule has 0 saturated heterocycles. The summed E-state index contributed by atoms with van der Waals surface area (Å²) in [7, 11) is 1.68. The molecular formula is C12H14N4O. The Bertz CT molecular complexity index is 542. The van der Waals surface area contributed by atoms with Crippen LogP contribution >= 0.6 is 0 Å². The summed E-state index contributed by atoms with van der Waals surface area (Å²) in [4.78, 5) is 11.9. The van der Waals surface area contributed by atoms with Gasteiger partial charge in [0.05, 0.1) is 0 Å². The lowest BCUT2D eigenvalue weighted by Crippen LogP contribution is -2.15. The molecule has 1 heterocycles. The van der Waals surface area contributed by atoms with E-state index >= 15 is 0 Å². The van der Waals surface area contributed by atoms with E-state index in [2.05, 4.69) is 10.4 Å². The molecule has 0 aliphatic carbocycles. The van der Waals surface area contributed by atoms with E-state index in [1.54, 1.807) is 13.1 Å². The molecule has 2 aromatic rings. The summed E-state index contributed by atoms with van der Waals surface area (Å²) in [6, 6.07) is 9.13. The van der Waals surface area contributed by atoms with Gasteiger partial charge in [0, 0.05) is 18.8 Å². The summed E-state index contributed by atoms with van der Waals surface area (Å²) in [5.41, 5.74) is 7.85. The second kappa shape index (κ2) is 4.29. The summed E-state index contributed by atoms with van der Waals surface area (Å²) in [6.45, 7) is 1.99. The van der Waals surface area contributed by atoms with Gasteiger partial charge in [0.2, 0.25) is 0 Å². The smallest absolute Gasteiger partial charge is 0.274 e. The number of anilines is 2. The van der Waals surface area contributed by atoms with Crippen LogP contribution in [0.2, 0.25) is 0 Å². The second-order valence-electron chi connectivity index (χ2n) is 3.90. The van der Waals surface area contributed by atoms with Crippen LogP contribution in [0.3, 0.4) is 0 Å². The van der Waals surface area contributed by atoms with Crippen LogP contribution in [0.25, 0.3) is 0 Å². The number of carbonyl (C=O) groups excluding carboxylic acids is 1. The SMILES string of the molecule is Cc1ccc(NC(=O)c2cc(N)nn2C)cc1. The van der Waals surface area contributed by atoms with Gasteiger partial charge in [-0.25, -0.2) is 0 Å². The van der Waals surface area contributed by atoms with Crippen LogP contribution in [0.15, 0.2) is 30.3 Å². The highest BCUT2D eigenvalue weighted by atomic mass is 16.2. The number of rotatable bonds is 2. The molecule has 0 spiro atoms. The molecule has 88 valence electrons. The Hall–Kier alpha value is -2.30. The van der Waals surface area contributed by atoms with Crippen molar-refractivity contribution in [2.24, 2.45) is 7.05 Å². The second-order valence-corrected chi connectivity index (χ2v) is 3.90. The van der Waals surface area contributed by atoms with Gasteiger partial charge >= 0.3 is 0 Å². The maximum Gasteiger partial charge on any atom is 0.274 e. The third-order valence-electron chi connectivity index (χ3n) is 2.44. The quantitative estimate of drug-likeness (QED) is 0.822. The number of benzene rings is 1. The number of carbonyl (C=O) groups is 1. The number of hydrogen-bond donors (Lipinski definition) is 2. The highest BCUT2D eigenvalue weighted by Crippen LogP contribution is 2.11. The lowest BCUT2D eigenvalue weighted by atomic mass is 10.2. The first kappa shape index (κ1) is 11.2. The molecule has 5 heteroatoms. The molecule has 5 nitrogen and oxygen atoms in total. The predicted molar refractivity (Wildman–Crippen MR) is 66.8 cm³/mol. The summed E-state index contributed by atoms with van der Waals surface area (Å²) in [5, 5.41) is 6.71. The third-order valence-corrected chi connectivity index (χ3v) is 2.44. The molecular weight excluding hydrogens is 216 g/mol. The van der Waals surface area contributed by atoms with E-state index in [0.29, 0.717) is 11.5 Å². The van der Waals surface area contributed by atoms with Crippen LogP contribution in [0.1, 0.15) is 16.1 Å². The van der Waals surface area contributed by atoms with Crippen molar-refractivity contribution in [3.63, 3.8) is 0 Å². The monoisotopic (exact) mass is 230 g/mol. The van der Waals surface area contributed by atoms with Gasteiger partial charge in [-0.2, -0.15) is 5.10 Å². The fraction of sp³-hybridized carbons (Fsp3) is 0.167. The summed E-state index contributed by atoms with van der Waals surface area (Å²) in [5.74, 6) is 0.113. The normalized spacial score (nSPS) is 10.2. The molecule has 0 unspecified atom stereocenters. The molecule has 3 N–H and O–H groups in total. The van der Waals surface area contributed by atoms with Crippen molar-refractivity contribution in [1.82, 2.24) is 9.78 Å². The minimum Gasteiger partial charge on any atom is -0.382 e. The molecule has 0 radical (unpaired) electrons. The Balaban J connectivity index is 2.17. The number of nitrogens with zero attached hydrogens (tertiary/aromatic N) is 2. The van der Waals surface area contributed by atoms with Crippen molar-refractivity contribution in [3.8, 4) is 0 Å². The molecule has 17 heavy (non-hydrogen) atoms. The first-order chi connectivity index (χ1) is 8.06. The van der Waals surface area contributed by atoms with Gasteiger partial charge in [-0.1, -0.05) is 17.7 Å². The number of nitrogen functional groups attached to an aromatic ring is 1. The van der Waals surface area contributed by atoms with Crippen molar-refractivity contribution < 1.29 is 4.79 Å². The topological polar surface area (TPSA) is 72.9 Å². The molecule has 0 saturated carbocycles. The minimum atomic E-state index is -0.222. The molecule has 0 atom stereocenters. The lowest BCUT2D eigenvalue weighted by molar-refractivity contribution is 0.101. The summed E-state index contributed by atoms with van der Waals surface area (Å²) < 4.78 is 1.46. The number of amides is 1. The zero-order valence-corrected chi connectivity index (χ0v) is 9.77. The van der Waals surface area contributed by atoms with E-state index in [4.69, 9.17) is 5.73 Å². The molecule has 0 fully saturated rings. The Morgan fingerprint density at radius 3 is 2.53 bits per heavy atom. The summed E-state index contributed by atoms with van der Waals surface area (Å²) in [6.07, 6.45) is 0. The standard InChI is InChI=1S/C12H14N4O/c1-8-3-5-9(6-4-8)14-12(17)10-7-11(13)15-16(10)2/h3-7H,1-2H3,(H2,13,15)(H,14,17). The Morgan fingerprint density at radius 1 is 1.35 bits per heavy atom. The van der Waals surface area contributed by atoms with Gasteiger partial charge in [0.1, 0.15) is 11.5 Å². The fourth-order valence-corrected chi connectivity index (χ4v) is 1.53. The van der Waals surface area contributed by atoms with Crippen molar-refractivity contribution >= 4 is 17.4 Å². The number of nitrogens with one attached hydrogen (secondary N) is 1. The summed E-state index contributed by atoms with van der Waals surface area (Å²) >= 11 is 0. The number of hydrogen-bond acceptors (Lipinski definition) is 3. The van der Waals surface area contributed by atoms with Gasteiger partial charge in [0.25, 0.3) is 5.91 Å². The van der Waals surface area contributed by atoms with E-state index in [-0.39, 0.29) is 5.91 Å². The maximum absolute atomic E-state index is 11.9. The van der Waals surface area contributed by atoms with E-state index in [9.17, 15) is 4.79 Å². The van der Waals surface area contributed by atoms with E-state index in [1.165, 1.54) is 4.68 Å². The van der Waals surface area contributed by atoms with Crippen LogP contribution in [0.5, 0.6) is 0 Å². The molecule has 0 aliphatic heterocycles. The number of nitrogens with two attached hydrogens (primary N) is 1. The molecule has 0 aliphatic rings. The van der Waals surface area contributed by atoms with Crippen LogP contribution in [0, 0.1) is 6.92 Å². The Morgan fingerprint density at radius 2 is 2.00 bits per heavy atom. The molecule has 1 amide bonds. The highest BCUT2D eigenvalue weighted by Gasteiger charge is 2.11. The van der Waals surface area contributed by atoms with Gasteiger partial charge in [-0.05, 0) is 19.1 Å². The van der Waals surface area contributed by atoms with Gasteiger partial charge in [-0.15, -0.1) is 0 Å². The third kappa shape index (κ3) is 2.44. The van der Waals surface area contributed by atoms with Gasteiger partial charge in [-0.3, -0.25) is 9.48 Å². The zero-order chi connectivity index (χ0) is 12.4. The van der Waals surface area contributed by atoms with E-state index in [1.807, 2.05) is 31.2 Å². The average molecular weight is 230 g/mol. The van der Waals surface area contributed by atoms with Crippen molar-refractivity contribution in [2.45, 2.75) is 6.92 Å². The Labute approximate surface area is 99.2 Å². The Kier molecular flexibility index (Phi) is 2.82. The molecule has 2 rings (SSSR count). The maximum atomic E-state index is 11.9. The average Bonchev–Trinajstić information content (AvgIpc) is 2.61. The van der Waals surface area contributed by atoms with Gasteiger partial charge < -0.3 is 11.1 Å². The molecule has 1 aromatic heterocycles. The molecule has 0 bridgehead atoms. The van der Waals surface area contributed by atoms with Crippen LogP contribution in [-0.4, -0.2) is 15.7 Å². The van der Waals surface area contributed by atoms with E-state index < -0.39 is 0 Å². The van der Waals surface area contributed by atoms with Crippen LogP contribution < -0.4 is 11.1 Å². The highest BCUT2D eigenvalue weighted by molar-refractivity contribution is 6.03. The fourth-order valence-electron chi connectivity index (χ4n) is 1.53. The predicted octanol–water partition coefficient (Wildman–Crippen LogP) is 1.56. The van der Waals surface area contributed by atoms with Crippen LogP contribution in [-0.2, 0) is 7.05 Å². The first-order valence-electron chi connectivity index (χ1n) is 5.24. The largest absolute Gasteiger partial charge is 0.382 e. The number of aromatic nitrogens is 2. The van der Waals surface area contributed by atoms with Crippen molar-refractivity contribution in [1.29, 1.82) is 0 Å². The zero-order valence-electron chi connectivity index (χ0n) is 9.77. The minimum absolute atomic E-state index is 0.222. The van der Waals surface area contributed by atoms with Crippen molar-refractivity contribution in [3.05, 3.63) is 41.6 Å². The first-order valence-corrected chi connectivity index (χ1v) is 5.24. The van der Waals surface area contributed by atoms with Crippen molar-refractivity contribution in [2.75, 3.05) is 11.1 Å². The van der Waals surface area contributed by atoms with Gasteiger partial charge in [0.15, 0.2) is 0 Å². The molecule has 1 aromatic carbocycles. The van der Waals surface area contributed by atoms with E-state index in [0.717, 1.165) is 11.3 Å². The lowest BCUT2D eigenvalue weighted by Gasteiger charge is -2.05. The number of aryl methyl sites for hydroxylation is 2.